The van der Waals surface area contributed by atoms with Crippen molar-refractivity contribution in [1.82, 2.24) is 4.98 Å². The van der Waals surface area contributed by atoms with Crippen LogP contribution in [0.15, 0.2) is 47.7 Å². The van der Waals surface area contributed by atoms with Crippen LogP contribution in [0.1, 0.15) is 18.1 Å². The van der Waals surface area contributed by atoms with E-state index in [1.807, 2.05) is 30.5 Å². The summed E-state index contributed by atoms with van der Waals surface area (Å²) >= 11 is 1.54. The largest absolute Gasteiger partial charge is 0.317 e. The molecule has 4 rings (SSSR count). The third-order valence-electron chi connectivity index (χ3n) is 3.68. The number of hydrogen-bond donors (Lipinski definition) is 1. The van der Waals surface area contributed by atoms with Gasteiger partial charge in [0.1, 0.15) is 5.00 Å². The van der Waals surface area contributed by atoms with Gasteiger partial charge in [-0.1, -0.05) is 18.2 Å². The maximum Gasteiger partial charge on any atom is 0.221 e. The highest BCUT2D eigenvalue weighted by atomic mass is 32.1. The molecule has 0 atom stereocenters. The zero-order valence-corrected chi connectivity index (χ0v) is 12.8. The monoisotopic (exact) mass is 307 g/mol. The van der Waals surface area contributed by atoms with Crippen molar-refractivity contribution < 1.29 is 4.79 Å². The lowest BCUT2D eigenvalue weighted by atomic mass is 10.0. The molecule has 0 saturated carbocycles. The van der Waals surface area contributed by atoms with Crippen molar-refractivity contribution in [2.75, 3.05) is 5.32 Å². The van der Waals surface area contributed by atoms with Gasteiger partial charge in [0.25, 0.3) is 0 Å². The maximum atomic E-state index is 11.5. The van der Waals surface area contributed by atoms with Gasteiger partial charge in [0.2, 0.25) is 5.91 Å². The van der Waals surface area contributed by atoms with E-state index < -0.39 is 0 Å². The molecule has 0 radical (unpaired) electrons. The molecule has 1 aromatic carbocycles. The highest BCUT2D eigenvalue weighted by Crippen LogP contribution is 2.39. The molecule has 108 valence electrons. The Kier molecular flexibility index (Phi) is 3.01. The molecule has 0 saturated heterocycles. The molecular weight excluding hydrogens is 294 g/mol. The van der Waals surface area contributed by atoms with E-state index in [2.05, 4.69) is 16.4 Å². The predicted octanol–water partition coefficient (Wildman–Crippen LogP) is 3.93. The Labute approximate surface area is 131 Å². The lowest BCUT2D eigenvalue weighted by Gasteiger charge is -2.04. The fraction of sp³-hybridized carbons (Fsp3) is 0.118. The molecule has 5 heteroatoms. The Morgan fingerprint density at radius 1 is 1.27 bits per heavy atom. The molecule has 1 amide bonds. The quantitative estimate of drug-likeness (QED) is 0.780. The third-order valence-corrected chi connectivity index (χ3v) is 4.73. The number of anilines is 1. The maximum absolute atomic E-state index is 11.5. The summed E-state index contributed by atoms with van der Waals surface area (Å²) in [6.45, 7) is 1.53. The molecule has 4 nitrogen and oxygen atoms in total. The second-order valence-corrected chi connectivity index (χ2v) is 6.28. The van der Waals surface area contributed by atoms with Crippen LogP contribution >= 0.6 is 11.3 Å². The minimum atomic E-state index is -0.0723. The minimum Gasteiger partial charge on any atom is -0.317 e. The first kappa shape index (κ1) is 13.2. The number of nitrogens with zero attached hydrogens (tertiary/aromatic N) is 2. The fourth-order valence-corrected chi connectivity index (χ4v) is 3.90. The van der Waals surface area contributed by atoms with Gasteiger partial charge in [-0.15, -0.1) is 11.3 Å². The van der Waals surface area contributed by atoms with Crippen LogP contribution in [0.3, 0.4) is 0 Å². The standard InChI is InChI=1S/C17H13N3OS/c1-10(21)19-17-16(12-6-7-18-9-15(12)22-17)14-8-11-4-2-3-5-13(11)20-14/h2-7,9H,8H2,1H3,(H,19,21). The molecule has 1 aliphatic heterocycles. The summed E-state index contributed by atoms with van der Waals surface area (Å²) in [5, 5.41) is 4.88. The Morgan fingerprint density at radius 2 is 2.14 bits per heavy atom. The van der Waals surface area contributed by atoms with Crippen LogP contribution in [0.5, 0.6) is 0 Å². The van der Waals surface area contributed by atoms with Crippen LogP contribution in [-0.4, -0.2) is 16.6 Å². The normalized spacial score (nSPS) is 13.0. The van der Waals surface area contributed by atoms with Crippen molar-refractivity contribution >= 4 is 43.7 Å². The zero-order chi connectivity index (χ0) is 15.1. The number of benzene rings is 1. The molecular formula is C17H13N3OS. The molecule has 22 heavy (non-hydrogen) atoms. The average Bonchev–Trinajstić information content (AvgIpc) is 3.06. The summed E-state index contributed by atoms with van der Waals surface area (Å²) in [5.41, 5.74) is 4.26. The Hall–Kier alpha value is -2.53. The van der Waals surface area contributed by atoms with Gasteiger partial charge in [-0.25, -0.2) is 0 Å². The summed E-state index contributed by atoms with van der Waals surface area (Å²) in [5.74, 6) is -0.0723. The number of thiophene rings is 1. The van der Waals surface area contributed by atoms with Gasteiger partial charge in [0.05, 0.1) is 16.1 Å². The van der Waals surface area contributed by atoms with Gasteiger partial charge < -0.3 is 5.32 Å². The van der Waals surface area contributed by atoms with Gasteiger partial charge >= 0.3 is 0 Å². The Balaban J connectivity index is 1.89. The summed E-state index contributed by atoms with van der Waals surface area (Å²) in [6.07, 6.45) is 4.40. The lowest BCUT2D eigenvalue weighted by Crippen LogP contribution is -2.09. The number of rotatable bonds is 2. The highest BCUT2D eigenvalue weighted by molar-refractivity contribution is 7.23. The molecule has 1 N–H and O–H groups in total. The molecule has 2 aromatic heterocycles. The number of nitrogens with one attached hydrogen (secondary N) is 1. The number of aliphatic imine (C=N–C) groups is 1. The highest BCUT2D eigenvalue weighted by Gasteiger charge is 2.22. The van der Waals surface area contributed by atoms with E-state index in [0.717, 1.165) is 38.5 Å². The number of amides is 1. The van der Waals surface area contributed by atoms with Crippen molar-refractivity contribution in [1.29, 1.82) is 0 Å². The molecule has 3 aromatic rings. The zero-order valence-electron chi connectivity index (χ0n) is 12.0. The first-order valence-corrected chi connectivity index (χ1v) is 7.84. The second-order valence-electron chi connectivity index (χ2n) is 5.22. The summed E-state index contributed by atoms with van der Waals surface area (Å²) < 4.78 is 1.06. The number of pyridine rings is 1. The van der Waals surface area contributed by atoms with Gasteiger partial charge in [-0.3, -0.25) is 14.8 Å². The van der Waals surface area contributed by atoms with Crippen molar-refractivity contribution in [2.45, 2.75) is 13.3 Å². The first-order valence-electron chi connectivity index (χ1n) is 7.02. The molecule has 0 unspecified atom stereocenters. The molecule has 0 aliphatic carbocycles. The topological polar surface area (TPSA) is 54.4 Å². The van der Waals surface area contributed by atoms with Crippen LogP contribution in [0.4, 0.5) is 10.7 Å². The molecule has 0 fully saturated rings. The lowest BCUT2D eigenvalue weighted by molar-refractivity contribution is -0.114. The van der Waals surface area contributed by atoms with Crippen molar-refractivity contribution in [3.63, 3.8) is 0 Å². The summed E-state index contributed by atoms with van der Waals surface area (Å²) in [6, 6.07) is 10.1. The van der Waals surface area contributed by atoms with E-state index in [1.54, 1.807) is 17.5 Å². The summed E-state index contributed by atoms with van der Waals surface area (Å²) in [4.78, 5) is 20.4. The molecule has 1 aliphatic rings. The third kappa shape index (κ3) is 2.10. The number of carbonyl (C=O) groups excluding carboxylic acids is 1. The predicted molar refractivity (Wildman–Crippen MR) is 90.3 cm³/mol. The van der Waals surface area contributed by atoms with Crippen LogP contribution in [0, 0.1) is 0 Å². The Bertz CT molecular complexity index is 927. The van der Waals surface area contributed by atoms with E-state index in [9.17, 15) is 4.79 Å². The van der Waals surface area contributed by atoms with Gasteiger partial charge in [0.15, 0.2) is 0 Å². The van der Waals surface area contributed by atoms with Crippen molar-refractivity contribution in [3.05, 3.63) is 53.9 Å². The summed E-state index contributed by atoms with van der Waals surface area (Å²) in [7, 11) is 0. The average molecular weight is 307 g/mol. The number of carbonyl (C=O) groups is 1. The Morgan fingerprint density at radius 3 is 2.95 bits per heavy atom. The smallest absolute Gasteiger partial charge is 0.221 e. The van der Waals surface area contributed by atoms with Crippen LogP contribution in [0.25, 0.3) is 10.1 Å². The van der Waals surface area contributed by atoms with E-state index in [1.165, 1.54) is 12.5 Å². The SMILES string of the molecule is CC(=O)Nc1sc2cnccc2c1C1=Nc2ccccc2C1. The number of hydrogen-bond acceptors (Lipinski definition) is 4. The van der Waals surface area contributed by atoms with Crippen LogP contribution in [-0.2, 0) is 11.2 Å². The molecule has 3 heterocycles. The molecule has 0 spiro atoms. The minimum absolute atomic E-state index is 0.0723. The van der Waals surface area contributed by atoms with Crippen LogP contribution < -0.4 is 5.32 Å². The van der Waals surface area contributed by atoms with Gasteiger partial charge in [-0.05, 0) is 17.7 Å². The van der Waals surface area contributed by atoms with Crippen molar-refractivity contribution in [2.24, 2.45) is 4.99 Å². The van der Waals surface area contributed by atoms with Crippen molar-refractivity contribution in [3.8, 4) is 0 Å². The number of fused-ring (bicyclic) bond motifs is 2. The van der Waals surface area contributed by atoms with Gasteiger partial charge in [0, 0.05) is 36.7 Å². The number of aromatic nitrogens is 1. The fourth-order valence-electron chi connectivity index (χ4n) is 2.76. The van der Waals surface area contributed by atoms with E-state index in [-0.39, 0.29) is 5.91 Å². The van der Waals surface area contributed by atoms with Crippen LogP contribution in [0.2, 0.25) is 0 Å². The van der Waals surface area contributed by atoms with E-state index in [0.29, 0.717) is 0 Å². The first-order chi connectivity index (χ1) is 10.7. The number of para-hydroxylation sites is 1. The van der Waals surface area contributed by atoms with E-state index >= 15 is 0 Å². The second kappa shape index (κ2) is 5.03. The van der Waals surface area contributed by atoms with Gasteiger partial charge in [-0.2, -0.15) is 0 Å². The van der Waals surface area contributed by atoms with E-state index in [4.69, 9.17) is 4.99 Å². The molecule has 0 bridgehead atoms.